The second-order valence-electron chi connectivity index (χ2n) is 5.38. The maximum absolute atomic E-state index is 11.7. The van der Waals surface area contributed by atoms with Gasteiger partial charge >= 0.3 is 17.9 Å². The summed E-state index contributed by atoms with van der Waals surface area (Å²) < 4.78 is 15.1. The summed E-state index contributed by atoms with van der Waals surface area (Å²) >= 11 is 0. The summed E-state index contributed by atoms with van der Waals surface area (Å²) in [5.41, 5.74) is 0. The van der Waals surface area contributed by atoms with Gasteiger partial charge in [0.2, 0.25) is 0 Å². The van der Waals surface area contributed by atoms with Crippen molar-refractivity contribution in [2.24, 2.45) is 0 Å². The van der Waals surface area contributed by atoms with Gasteiger partial charge in [0.05, 0.1) is 6.42 Å². The number of hydrogen-bond donors (Lipinski definition) is 1. The van der Waals surface area contributed by atoms with Crippen LogP contribution in [0.5, 0.6) is 0 Å². The van der Waals surface area contributed by atoms with Crippen molar-refractivity contribution in [3.05, 3.63) is 24.3 Å². The Morgan fingerprint density at radius 2 is 1.57 bits per heavy atom. The number of ether oxygens (including phenoxy) is 3. The van der Waals surface area contributed by atoms with Crippen molar-refractivity contribution in [2.75, 3.05) is 0 Å². The Hall–Kier alpha value is -2.15. The molecule has 4 atom stereocenters. The molecule has 23 heavy (non-hydrogen) atoms. The van der Waals surface area contributed by atoms with E-state index in [1.807, 2.05) is 0 Å². The van der Waals surface area contributed by atoms with Crippen molar-refractivity contribution in [1.29, 1.82) is 0 Å². The SMILES string of the molecule is C[C@@H]1CC(=O)O[C@@H](C)[C@@H](O)/C=C/C(=O)O[C@@H](C)C/C=C/C(=O)O1. The molecule has 0 bridgehead atoms. The lowest BCUT2D eigenvalue weighted by molar-refractivity contribution is -0.157. The number of aliphatic hydroxyl groups is 1. The molecule has 0 radical (unpaired) electrons. The average molecular weight is 326 g/mol. The molecule has 0 aromatic heterocycles. The molecular weight excluding hydrogens is 304 g/mol. The van der Waals surface area contributed by atoms with Crippen molar-refractivity contribution in [2.45, 2.75) is 58.0 Å². The lowest BCUT2D eigenvalue weighted by Crippen LogP contribution is -2.29. The average Bonchev–Trinajstić information content (AvgIpc) is 2.43. The van der Waals surface area contributed by atoms with E-state index in [1.54, 1.807) is 13.8 Å². The number of hydrogen-bond acceptors (Lipinski definition) is 7. The minimum atomic E-state index is -1.15. The Balaban J connectivity index is 2.82. The zero-order valence-electron chi connectivity index (χ0n) is 13.4. The molecule has 7 heteroatoms. The number of rotatable bonds is 0. The molecule has 7 nitrogen and oxygen atoms in total. The number of esters is 3. The molecule has 0 aromatic rings. The van der Waals surface area contributed by atoms with Crippen molar-refractivity contribution in [1.82, 2.24) is 0 Å². The van der Waals surface area contributed by atoms with E-state index in [4.69, 9.17) is 14.2 Å². The third kappa shape index (κ3) is 7.60. The van der Waals surface area contributed by atoms with Gasteiger partial charge in [-0.15, -0.1) is 0 Å². The summed E-state index contributed by atoms with van der Waals surface area (Å²) in [7, 11) is 0. The van der Waals surface area contributed by atoms with Crippen LogP contribution in [0.4, 0.5) is 0 Å². The van der Waals surface area contributed by atoms with Gasteiger partial charge in [-0.25, -0.2) is 9.59 Å². The summed E-state index contributed by atoms with van der Waals surface area (Å²) in [5.74, 6) is -1.84. The molecule has 1 rings (SSSR count). The van der Waals surface area contributed by atoms with E-state index in [9.17, 15) is 19.5 Å². The van der Waals surface area contributed by atoms with E-state index in [0.717, 1.165) is 6.08 Å². The van der Waals surface area contributed by atoms with Gasteiger partial charge in [0.1, 0.15) is 24.4 Å². The predicted octanol–water partition coefficient (Wildman–Crippen LogP) is 1.05. The van der Waals surface area contributed by atoms with Crippen LogP contribution >= 0.6 is 0 Å². The zero-order valence-corrected chi connectivity index (χ0v) is 13.4. The molecule has 0 fully saturated rings. The molecule has 0 aromatic carbocycles. The minimum Gasteiger partial charge on any atom is -0.459 e. The van der Waals surface area contributed by atoms with Crippen molar-refractivity contribution in [3.63, 3.8) is 0 Å². The Labute approximate surface area is 134 Å². The number of carbonyl (C=O) groups is 3. The highest BCUT2D eigenvalue weighted by Crippen LogP contribution is 2.08. The van der Waals surface area contributed by atoms with Crippen LogP contribution in [0.25, 0.3) is 0 Å². The van der Waals surface area contributed by atoms with Crippen LogP contribution in [0.3, 0.4) is 0 Å². The van der Waals surface area contributed by atoms with Gasteiger partial charge in [0, 0.05) is 18.6 Å². The normalized spacial score (nSPS) is 34.0. The van der Waals surface area contributed by atoms with Crippen LogP contribution in [-0.2, 0) is 28.6 Å². The molecule has 0 spiro atoms. The molecule has 1 aliphatic heterocycles. The highest BCUT2D eigenvalue weighted by atomic mass is 16.6. The molecule has 0 saturated carbocycles. The first-order valence-corrected chi connectivity index (χ1v) is 7.41. The smallest absolute Gasteiger partial charge is 0.330 e. The van der Waals surface area contributed by atoms with Gasteiger partial charge in [-0.3, -0.25) is 4.79 Å². The van der Waals surface area contributed by atoms with Crippen LogP contribution in [-0.4, -0.2) is 47.4 Å². The molecule has 1 N–H and O–H groups in total. The number of carbonyl (C=O) groups excluding carboxylic acids is 3. The largest absolute Gasteiger partial charge is 0.459 e. The van der Waals surface area contributed by atoms with Crippen molar-refractivity contribution < 1.29 is 33.7 Å². The van der Waals surface area contributed by atoms with Gasteiger partial charge in [-0.1, -0.05) is 6.08 Å². The Morgan fingerprint density at radius 1 is 0.957 bits per heavy atom. The summed E-state index contributed by atoms with van der Waals surface area (Å²) in [6.45, 7) is 4.74. The van der Waals surface area contributed by atoms with Crippen LogP contribution in [0.2, 0.25) is 0 Å². The molecule has 128 valence electrons. The van der Waals surface area contributed by atoms with Gasteiger partial charge < -0.3 is 19.3 Å². The van der Waals surface area contributed by atoms with E-state index < -0.39 is 42.3 Å². The summed E-state index contributed by atoms with van der Waals surface area (Å²) in [6.07, 6.45) is 2.17. The highest BCUT2D eigenvalue weighted by molar-refractivity contribution is 5.83. The maximum Gasteiger partial charge on any atom is 0.330 e. The zero-order chi connectivity index (χ0) is 17.4. The quantitative estimate of drug-likeness (QED) is 0.524. The monoisotopic (exact) mass is 326 g/mol. The van der Waals surface area contributed by atoms with Gasteiger partial charge in [-0.2, -0.15) is 0 Å². The lowest BCUT2D eigenvalue weighted by Gasteiger charge is -2.18. The summed E-state index contributed by atoms with van der Waals surface area (Å²) in [5, 5.41) is 9.83. The molecule has 0 unspecified atom stereocenters. The van der Waals surface area contributed by atoms with Crippen LogP contribution in [0.1, 0.15) is 33.6 Å². The fourth-order valence-corrected chi connectivity index (χ4v) is 1.81. The van der Waals surface area contributed by atoms with Gasteiger partial charge in [0.15, 0.2) is 0 Å². The van der Waals surface area contributed by atoms with Gasteiger partial charge in [0.25, 0.3) is 0 Å². The van der Waals surface area contributed by atoms with Gasteiger partial charge in [-0.05, 0) is 26.8 Å². The fraction of sp³-hybridized carbons (Fsp3) is 0.562. The second kappa shape index (κ2) is 9.09. The lowest BCUT2D eigenvalue weighted by atomic mass is 10.2. The third-order valence-electron chi connectivity index (χ3n) is 3.04. The standard InChI is InChI=1S/C16H22O7/c1-10-5-4-6-14(18)22-11(2)9-16(20)23-12(3)13(17)7-8-15(19)21-10/h4,6-8,10-13,17H,5,9H2,1-3H3/b6-4+,8-7+/t10-,11+,12-,13-/m0/s1. The van der Waals surface area contributed by atoms with E-state index in [-0.39, 0.29) is 6.42 Å². The molecule has 0 saturated heterocycles. The van der Waals surface area contributed by atoms with Crippen LogP contribution < -0.4 is 0 Å². The van der Waals surface area contributed by atoms with Crippen molar-refractivity contribution >= 4 is 17.9 Å². The fourth-order valence-electron chi connectivity index (χ4n) is 1.81. The number of cyclic esters (lactones) is 3. The third-order valence-corrected chi connectivity index (χ3v) is 3.04. The van der Waals surface area contributed by atoms with Crippen molar-refractivity contribution in [3.8, 4) is 0 Å². The molecule has 0 aliphatic carbocycles. The minimum absolute atomic E-state index is 0.126. The van der Waals surface area contributed by atoms with Crippen LogP contribution in [0, 0.1) is 0 Å². The van der Waals surface area contributed by atoms with Crippen LogP contribution in [0.15, 0.2) is 24.3 Å². The topological polar surface area (TPSA) is 99.1 Å². The highest BCUT2D eigenvalue weighted by Gasteiger charge is 2.20. The summed E-state index contributed by atoms with van der Waals surface area (Å²) in [6, 6.07) is 0. The maximum atomic E-state index is 11.7. The molecule has 1 aliphatic rings. The molecule has 0 amide bonds. The molecular formula is C16H22O7. The first-order chi connectivity index (χ1) is 10.8. The second-order valence-corrected chi connectivity index (χ2v) is 5.38. The Kier molecular flexibility index (Phi) is 7.47. The number of aliphatic hydroxyl groups excluding tert-OH is 1. The Morgan fingerprint density at radius 3 is 2.26 bits per heavy atom. The van der Waals surface area contributed by atoms with E-state index in [2.05, 4.69) is 0 Å². The van der Waals surface area contributed by atoms with E-state index in [0.29, 0.717) is 6.42 Å². The van der Waals surface area contributed by atoms with E-state index in [1.165, 1.54) is 25.2 Å². The first kappa shape index (κ1) is 18.9. The van der Waals surface area contributed by atoms with E-state index >= 15 is 0 Å². The Bertz CT molecular complexity index is 495. The predicted molar refractivity (Wildman–Crippen MR) is 80.2 cm³/mol. The molecule has 1 heterocycles. The first-order valence-electron chi connectivity index (χ1n) is 7.41. The summed E-state index contributed by atoms with van der Waals surface area (Å²) in [4.78, 5) is 34.8.